The summed E-state index contributed by atoms with van der Waals surface area (Å²) in [6.45, 7) is 0. The zero-order chi connectivity index (χ0) is 22.1. The Bertz CT molecular complexity index is 934. The third kappa shape index (κ3) is 4.84. The van der Waals surface area contributed by atoms with E-state index in [1.807, 2.05) is 0 Å². The monoisotopic (exact) mass is 465 g/mol. The van der Waals surface area contributed by atoms with Gasteiger partial charge in [0.05, 0.1) is 21.9 Å². The molecule has 1 aliphatic carbocycles. The molecule has 0 aliphatic heterocycles. The summed E-state index contributed by atoms with van der Waals surface area (Å²) in [5.41, 5.74) is -3.26. The highest BCUT2D eigenvalue weighted by molar-refractivity contribution is 6.34. The van der Waals surface area contributed by atoms with Crippen molar-refractivity contribution in [1.82, 2.24) is 15.3 Å². The van der Waals surface area contributed by atoms with Crippen LogP contribution in [0.2, 0.25) is 10.2 Å². The molecule has 1 aliphatic rings. The molecule has 1 amide bonds. The Morgan fingerprint density at radius 1 is 1.23 bits per heavy atom. The third-order valence-electron chi connectivity index (χ3n) is 5.04. The summed E-state index contributed by atoms with van der Waals surface area (Å²) in [7, 11) is 0. The first-order valence-corrected chi connectivity index (χ1v) is 9.78. The summed E-state index contributed by atoms with van der Waals surface area (Å²) in [5.74, 6) is -1.03. The fraction of sp³-hybridized carbons (Fsp3) is 0.421. The van der Waals surface area contributed by atoms with E-state index in [1.54, 1.807) is 6.07 Å². The van der Waals surface area contributed by atoms with E-state index in [9.17, 15) is 27.5 Å². The number of hydrogen-bond donors (Lipinski definition) is 2. The molecule has 0 spiro atoms. The minimum atomic E-state index is -4.78. The molecule has 5 nitrogen and oxygen atoms in total. The first kappa shape index (κ1) is 22.7. The van der Waals surface area contributed by atoms with Gasteiger partial charge in [0.15, 0.2) is 0 Å². The molecule has 1 saturated carbocycles. The van der Waals surface area contributed by atoms with Crippen LogP contribution in [0.25, 0.3) is 0 Å². The van der Waals surface area contributed by atoms with Gasteiger partial charge in [0.25, 0.3) is 5.91 Å². The first-order chi connectivity index (χ1) is 14.0. The van der Waals surface area contributed by atoms with E-state index in [2.05, 4.69) is 15.3 Å². The van der Waals surface area contributed by atoms with Gasteiger partial charge in [-0.05, 0) is 43.9 Å². The summed E-state index contributed by atoms with van der Waals surface area (Å²) >= 11 is 11.7. The molecular weight excluding hydrogens is 449 g/mol. The van der Waals surface area contributed by atoms with Crippen molar-refractivity contribution in [3.8, 4) is 0 Å². The molecule has 0 saturated heterocycles. The lowest BCUT2D eigenvalue weighted by atomic mass is 9.77. The lowest BCUT2D eigenvalue weighted by Gasteiger charge is -2.40. The van der Waals surface area contributed by atoms with Crippen molar-refractivity contribution in [3.05, 3.63) is 57.6 Å². The fourth-order valence-electron chi connectivity index (χ4n) is 3.46. The number of carbonyl (C=O) groups excluding carboxylic acids is 1. The molecule has 162 valence electrons. The van der Waals surface area contributed by atoms with Crippen LogP contribution in [0, 0.1) is 0 Å². The Balaban J connectivity index is 1.97. The number of aromatic nitrogens is 2. The molecule has 30 heavy (non-hydrogen) atoms. The standard InChI is InChI=1S/C19H17Cl2F4N3O2/c20-13-3-1-2-12(27-13)16(18(30)7-4-10(22)5-8-18)28-17(29)15-14(21)11(6-9-26-15)19(23,24)25/h1-3,6,9-10,16,30H,4-5,7-8H2,(H,28,29)/t10-,16?,18+. The van der Waals surface area contributed by atoms with Gasteiger partial charge >= 0.3 is 6.18 Å². The van der Waals surface area contributed by atoms with Gasteiger partial charge in [0.1, 0.15) is 23.1 Å². The molecule has 0 radical (unpaired) electrons. The third-order valence-corrected chi connectivity index (χ3v) is 5.63. The maximum Gasteiger partial charge on any atom is 0.417 e. The number of rotatable bonds is 4. The summed E-state index contributed by atoms with van der Waals surface area (Å²) in [4.78, 5) is 20.6. The zero-order valence-electron chi connectivity index (χ0n) is 15.4. The Kier molecular flexibility index (Phi) is 6.54. The van der Waals surface area contributed by atoms with Crippen LogP contribution >= 0.6 is 23.2 Å². The molecular formula is C19H17Cl2F4N3O2. The molecule has 2 heterocycles. The lowest BCUT2D eigenvalue weighted by molar-refractivity contribution is -0.137. The molecule has 2 aromatic heterocycles. The van der Waals surface area contributed by atoms with Crippen LogP contribution in [-0.4, -0.2) is 32.8 Å². The number of aliphatic hydroxyl groups is 1. The van der Waals surface area contributed by atoms with Gasteiger partial charge in [0.2, 0.25) is 0 Å². The summed E-state index contributed by atoms with van der Waals surface area (Å²) in [5, 5.41) is 12.8. The minimum Gasteiger partial charge on any atom is -0.387 e. The van der Waals surface area contributed by atoms with E-state index in [1.165, 1.54) is 12.1 Å². The predicted octanol–water partition coefficient (Wildman–Crippen LogP) is 4.92. The number of alkyl halides is 4. The normalized spacial score (nSPS) is 23.1. The van der Waals surface area contributed by atoms with Crippen molar-refractivity contribution >= 4 is 29.1 Å². The van der Waals surface area contributed by atoms with Crippen molar-refractivity contribution in [1.29, 1.82) is 0 Å². The molecule has 2 N–H and O–H groups in total. The average Bonchev–Trinajstić information content (AvgIpc) is 2.67. The Hall–Kier alpha value is -1.97. The summed E-state index contributed by atoms with van der Waals surface area (Å²) in [6, 6.07) is 4.02. The molecule has 1 atom stereocenters. The topological polar surface area (TPSA) is 75.1 Å². The summed E-state index contributed by atoms with van der Waals surface area (Å²) < 4.78 is 52.9. The smallest absolute Gasteiger partial charge is 0.387 e. The number of hydrogen-bond acceptors (Lipinski definition) is 4. The predicted molar refractivity (Wildman–Crippen MR) is 102 cm³/mol. The van der Waals surface area contributed by atoms with Gasteiger partial charge in [-0.3, -0.25) is 4.79 Å². The maximum absolute atomic E-state index is 13.6. The second-order valence-electron chi connectivity index (χ2n) is 7.09. The van der Waals surface area contributed by atoms with Crippen LogP contribution in [0.1, 0.15) is 53.5 Å². The quantitative estimate of drug-likeness (QED) is 0.496. The van der Waals surface area contributed by atoms with Crippen molar-refractivity contribution in [3.63, 3.8) is 0 Å². The van der Waals surface area contributed by atoms with Crippen LogP contribution in [-0.2, 0) is 6.18 Å². The van der Waals surface area contributed by atoms with Crippen molar-refractivity contribution in [2.24, 2.45) is 0 Å². The van der Waals surface area contributed by atoms with Crippen LogP contribution in [0.3, 0.4) is 0 Å². The average molecular weight is 466 g/mol. The van der Waals surface area contributed by atoms with E-state index >= 15 is 0 Å². The highest BCUT2D eigenvalue weighted by Crippen LogP contribution is 2.40. The fourth-order valence-corrected chi connectivity index (χ4v) is 3.93. The largest absolute Gasteiger partial charge is 0.417 e. The van der Waals surface area contributed by atoms with Gasteiger partial charge < -0.3 is 10.4 Å². The highest BCUT2D eigenvalue weighted by Gasteiger charge is 2.43. The van der Waals surface area contributed by atoms with Gasteiger partial charge in [-0.25, -0.2) is 14.4 Å². The van der Waals surface area contributed by atoms with Gasteiger partial charge in [0, 0.05) is 6.20 Å². The first-order valence-electron chi connectivity index (χ1n) is 9.03. The second kappa shape index (κ2) is 8.64. The Labute approximate surface area is 179 Å². The number of pyridine rings is 2. The van der Waals surface area contributed by atoms with E-state index in [0.717, 1.165) is 6.20 Å². The van der Waals surface area contributed by atoms with E-state index in [4.69, 9.17) is 23.2 Å². The number of nitrogens with zero attached hydrogens (tertiary/aromatic N) is 2. The zero-order valence-corrected chi connectivity index (χ0v) is 16.9. The van der Waals surface area contributed by atoms with Crippen molar-refractivity contribution in [2.75, 3.05) is 0 Å². The SMILES string of the molecule is O=C(NC(c1cccc(Cl)n1)[C@]1(O)CC[C@@H](F)CC1)c1nccc(C(F)(F)F)c1Cl. The van der Waals surface area contributed by atoms with Crippen LogP contribution in [0.15, 0.2) is 30.5 Å². The molecule has 0 bridgehead atoms. The van der Waals surface area contributed by atoms with Gasteiger partial charge in [-0.15, -0.1) is 0 Å². The Morgan fingerprint density at radius 2 is 1.90 bits per heavy atom. The van der Waals surface area contributed by atoms with Crippen LogP contribution < -0.4 is 5.32 Å². The minimum absolute atomic E-state index is 0.0110. The molecule has 3 rings (SSSR count). The van der Waals surface area contributed by atoms with Crippen LogP contribution in [0.4, 0.5) is 17.6 Å². The molecule has 2 aromatic rings. The number of halogens is 6. The van der Waals surface area contributed by atoms with Crippen LogP contribution in [0.5, 0.6) is 0 Å². The van der Waals surface area contributed by atoms with E-state index in [-0.39, 0.29) is 36.5 Å². The number of nitrogens with one attached hydrogen (secondary N) is 1. The lowest BCUT2D eigenvalue weighted by Crippen LogP contribution is -2.49. The van der Waals surface area contributed by atoms with Gasteiger partial charge in [-0.2, -0.15) is 13.2 Å². The molecule has 1 unspecified atom stereocenters. The van der Waals surface area contributed by atoms with Gasteiger partial charge in [-0.1, -0.05) is 29.3 Å². The molecule has 1 fully saturated rings. The van der Waals surface area contributed by atoms with Crippen molar-refractivity contribution < 1.29 is 27.5 Å². The molecule has 0 aromatic carbocycles. The summed E-state index contributed by atoms with van der Waals surface area (Å²) in [6.07, 6.45) is -4.90. The number of carbonyl (C=O) groups is 1. The number of amides is 1. The Morgan fingerprint density at radius 3 is 2.50 bits per heavy atom. The molecule has 11 heteroatoms. The van der Waals surface area contributed by atoms with E-state index < -0.39 is 46.2 Å². The van der Waals surface area contributed by atoms with Crippen molar-refractivity contribution in [2.45, 2.75) is 49.7 Å². The maximum atomic E-state index is 13.6. The highest BCUT2D eigenvalue weighted by atomic mass is 35.5. The van der Waals surface area contributed by atoms with E-state index in [0.29, 0.717) is 6.07 Å². The second-order valence-corrected chi connectivity index (χ2v) is 7.85.